The topological polar surface area (TPSA) is 75.5 Å². The Balaban J connectivity index is 1.90. The van der Waals surface area contributed by atoms with Gasteiger partial charge in [0.25, 0.3) is 0 Å². The molecule has 108 valence electrons. The van der Waals surface area contributed by atoms with Crippen molar-refractivity contribution in [3.05, 3.63) is 17.6 Å². The predicted molar refractivity (Wildman–Crippen MR) is 72.8 cm³/mol. The number of carbonyl (C=O) groups is 1. The van der Waals surface area contributed by atoms with Crippen LogP contribution in [0.3, 0.4) is 0 Å². The van der Waals surface area contributed by atoms with Gasteiger partial charge in [-0.1, -0.05) is 0 Å². The van der Waals surface area contributed by atoms with E-state index < -0.39 is 11.9 Å². The Kier molecular flexibility index (Phi) is 3.56. The molecule has 6 heteroatoms. The average Bonchev–Trinajstić information content (AvgIpc) is 2.95. The maximum atomic E-state index is 11.3. The van der Waals surface area contributed by atoms with Crippen molar-refractivity contribution >= 4 is 11.8 Å². The van der Waals surface area contributed by atoms with Gasteiger partial charge in [-0.15, -0.1) is 0 Å². The lowest BCUT2D eigenvalue weighted by Crippen LogP contribution is -2.42. The van der Waals surface area contributed by atoms with Crippen LogP contribution in [-0.4, -0.2) is 47.3 Å². The summed E-state index contributed by atoms with van der Waals surface area (Å²) in [5, 5.41) is 9.28. The molecule has 0 bridgehead atoms. The van der Waals surface area contributed by atoms with Crippen molar-refractivity contribution in [3.63, 3.8) is 0 Å². The maximum Gasteiger partial charge on any atom is 0.311 e. The first kappa shape index (κ1) is 13.3. The number of likely N-dealkylation sites (N-methyl/N-ethyl adjacent to an activating group) is 1. The van der Waals surface area contributed by atoms with Gasteiger partial charge >= 0.3 is 5.97 Å². The molecular formula is C14H19N3O3. The normalized spacial score (nSPS) is 25.2. The van der Waals surface area contributed by atoms with E-state index in [1.807, 2.05) is 11.9 Å². The molecule has 0 spiro atoms. The fraction of sp³-hybridized carbons (Fsp3) is 0.643. The van der Waals surface area contributed by atoms with Crippen LogP contribution in [0.2, 0.25) is 0 Å². The molecule has 1 aromatic rings. The summed E-state index contributed by atoms with van der Waals surface area (Å²) >= 11 is 0. The number of rotatable bonds is 3. The molecule has 0 amide bonds. The van der Waals surface area contributed by atoms with Gasteiger partial charge in [0.15, 0.2) is 0 Å². The van der Waals surface area contributed by atoms with Gasteiger partial charge in [0.1, 0.15) is 18.1 Å². The second-order valence-corrected chi connectivity index (χ2v) is 5.49. The van der Waals surface area contributed by atoms with Gasteiger partial charge < -0.3 is 14.7 Å². The van der Waals surface area contributed by atoms with Crippen molar-refractivity contribution in [1.29, 1.82) is 0 Å². The quantitative estimate of drug-likeness (QED) is 0.884. The summed E-state index contributed by atoms with van der Waals surface area (Å²) in [5.41, 5.74) is 2.29. The standard InChI is InChI=1S/C14H19N3O3/c1-17(12-7-20-6-10(12)14(18)19)13-9-4-2-3-5-11(9)15-8-16-13/h8,10,12H,2-7H2,1H3,(H,18,19). The molecule has 1 aliphatic carbocycles. The Morgan fingerprint density at radius 2 is 2.15 bits per heavy atom. The van der Waals surface area contributed by atoms with Gasteiger partial charge in [-0.25, -0.2) is 9.97 Å². The largest absolute Gasteiger partial charge is 0.481 e. The van der Waals surface area contributed by atoms with Crippen LogP contribution in [0.15, 0.2) is 6.33 Å². The fourth-order valence-corrected chi connectivity index (χ4v) is 3.13. The van der Waals surface area contributed by atoms with Gasteiger partial charge in [0.05, 0.1) is 19.3 Å². The van der Waals surface area contributed by atoms with E-state index in [0.717, 1.165) is 37.2 Å². The Morgan fingerprint density at radius 3 is 2.95 bits per heavy atom. The monoisotopic (exact) mass is 277 g/mol. The minimum atomic E-state index is -0.803. The summed E-state index contributed by atoms with van der Waals surface area (Å²) in [5.74, 6) is -0.423. The number of anilines is 1. The average molecular weight is 277 g/mol. The van der Waals surface area contributed by atoms with Crippen LogP contribution in [-0.2, 0) is 22.4 Å². The summed E-state index contributed by atoms with van der Waals surface area (Å²) in [4.78, 5) is 22.0. The summed E-state index contributed by atoms with van der Waals surface area (Å²) in [6, 6.07) is -0.159. The number of hydrogen-bond acceptors (Lipinski definition) is 5. The molecule has 0 saturated carbocycles. The molecule has 1 fully saturated rings. The number of carboxylic acids is 1. The van der Waals surface area contributed by atoms with Gasteiger partial charge in [-0.2, -0.15) is 0 Å². The van der Waals surface area contributed by atoms with Gasteiger partial charge in [-0.3, -0.25) is 4.79 Å². The van der Waals surface area contributed by atoms with Crippen LogP contribution in [0.25, 0.3) is 0 Å². The lowest BCUT2D eigenvalue weighted by Gasteiger charge is -2.30. The van der Waals surface area contributed by atoms with E-state index in [2.05, 4.69) is 9.97 Å². The number of aromatic nitrogens is 2. The van der Waals surface area contributed by atoms with Crippen LogP contribution in [0.4, 0.5) is 5.82 Å². The summed E-state index contributed by atoms with van der Waals surface area (Å²) in [6.45, 7) is 0.712. The molecule has 1 N–H and O–H groups in total. The number of fused-ring (bicyclic) bond motifs is 1. The molecular weight excluding hydrogens is 258 g/mol. The molecule has 3 rings (SSSR count). The zero-order chi connectivity index (χ0) is 14.1. The first-order chi connectivity index (χ1) is 9.68. The van der Waals surface area contributed by atoms with E-state index in [9.17, 15) is 9.90 Å². The van der Waals surface area contributed by atoms with E-state index in [4.69, 9.17) is 4.74 Å². The molecule has 2 unspecified atom stereocenters. The van der Waals surface area contributed by atoms with Crippen LogP contribution in [0, 0.1) is 5.92 Å². The van der Waals surface area contributed by atoms with Crippen molar-refractivity contribution < 1.29 is 14.6 Å². The number of ether oxygens (including phenoxy) is 1. The highest BCUT2D eigenvalue weighted by Crippen LogP contribution is 2.30. The summed E-state index contributed by atoms with van der Waals surface area (Å²) < 4.78 is 5.35. The van der Waals surface area contributed by atoms with Crippen LogP contribution >= 0.6 is 0 Å². The highest BCUT2D eigenvalue weighted by atomic mass is 16.5. The van der Waals surface area contributed by atoms with Crippen LogP contribution < -0.4 is 4.90 Å². The van der Waals surface area contributed by atoms with E-state index in [1.165, 1.54) is 5.56 Å². The van der Waals surface area contributed by atoms with Crippen molar-refractivity contribution in [2.24, 2.45) is 5.92 Å². The maximum absolute atomic E-state index is 11.3. The van der Waals surface area contributed by atoms with E-state index in [0.29, 0.717) is 6.61 Å². The van der Waals surface area contributed by atoms with Crippen LogP contribution in [0.1, 0.15) is 24.1 Å². The molecule has 6 nitrogen and oxygen atoms in total. The fourth-order valence-electron chi connectivity index (χ4n) is 3.13. The lowest BCUT2D eigenvalue weighted by molar-refractivity contribution is -0.141. The Morgan fingerprint density at radius 1 is 1.35 bits per heavy atom. The number of carboxylic acid groups (broad SMARTS) is 1. The molecule has 2 heterocycles. The summed E-state index contributed by atoms with van der Waals surface area (Å²) in [7, 11) is 1.91. The van der Waals surface area contributed by atoms with Crippen molar-refractivity contribution in [2.45, 2.75) is 31.7 Å². The first-order valence-corrected chi connectivity index (χ1v) is 7.04. The molecule has 0 radical (unpaired) electrons. The minimum Gasteiger partial charge on any atom is -0.481 e. The Bertz CT molecular complexity index is 520. The molecule has 2 aliphatic rings. The molecule has 2 atom stereocenters. The van der Waals surface area contributed by atoms with Crippen LogP contribution in [0.5, 0.6) is 0 Å². The van der Waals surface area contributed by atoms with E-state index >= 15 is 0 Å². The molecule has 0 aromatic carbocycles. The highest BCUT2D eigenvalue weighted by Gasteiger charge is 2.38. The lowest BCUT2D eigenvalue weighted by atomic mass is 9.95. The van der Waals surface area contributed by atoms with Gasteiger partial charge in [-0.05, 0) is 25.7 Å². The van der Waals surface area contributed by atoms with Crippen molar-refractivity contribution in [2.75, 3.05) is 25.2 Å². The number of nitrogens with zero attached hydrogens (tertiary/aromatic N) is 3. The Labute approximate surface area is 117 Å². The summed E-state index contributed by atoms with van der Waals surface area (Å²) in [6.07, 6.45) is 5.85. The minimum absolute atomic E-state index is 0.159. The molecule has 1 saturated heterocycles. The molecule has 1 aliphatic heterocycles. The SMILES string of the molecule is CN(c1ncnc2c1CCCC2)C1COCC1C(=O)O. The van der Waals surface area contributed by atoms with E-state index in [1.54, 1.807) is 6.33 Å². The zero-order valence-corrected chi connectivity index (χ0v) is 11.6. The second-order valence-electron chi connectivity index (χ2n) is 5.49. The predicted octanol–water partition coefficient (Wildman–Crippen LogP) is 0.891. The smallest absolute Gasteiger partial charge is 0.311 e. The third-order valence-electron chi connectivity index (χ3n) is 4.30. The van der Waals surface area contributed by atoms with Crippen molar-refractivity contribution in [1.82, 2.24) is 9.97 Å². The molecule has 1 aromatic heterocycles. The number of aryl methyl sites for hydroxylation is 1. The number of hydrogen-bond donors (Lipinski definition) is 1. The van der Waals surface area contributed by atoms with Gasteiger partial charge in [0.2, 0.25) is 0 Å². The van der Waals surface area contributed by atoms with Crippen molar-refractivity contribution in [3.8, 4) is 0 Å². The van der Waals surface area contributed by atoms with E-state index in [-0.39, 0.29) is 12.6 Å². The third kappa shape index (κ3) is 2.24. The first-order valence-electron chi connectivity index (χ1n) is 7.04. The Hall–Kier alpha value is -1.69. The van der Waals surface area contributed by atoms with Gasteiger partial charge in [0, 0.05) is 18.3 Å². The zero-order valence-electron chi connectivity index (χ0n) is 11.6. The number of aliphatic carboxylic acids is 1. The highest BCUT2D eigenvalue weighted by molar-refractivity contribution is 5.72. The third-order valence-corrected chi connectivity index (χ3v) is 4.30. The molecule has 20 heavy (non-hydrogen) atoms. The second kappa shape index (κ2) is 5.36.